The maximum Gasteiger partial charge on any atom is 0.216 e. The highest BCUT2D eigenvalue weighted by Gasteiger charge is 2.29. The summed E-state index contributed by atoms with van der Waals surface area (Å²) in [6.45, 7) is 10.2. The van der Waals surface area contributed by atoms with Crippen LogP contribution in [0.4, 0.5) is 0 Å². The Labute approximate surface area is 207 Å². The molecule has 1 aliphatic heterocycles. The van der Waals surface area contributed by atoms with Gasteiger partial charge in [-0.3, -0.25) is 0 Å². The van der Waals surface area contributed by atoms with E-state index in [4.69, 9.17) is 14.7 Å². The topological polar surface area (TPSA) is 39.4 Å². The van der Waals surface area contributed by atoms with Crippen LogP contribution in [0.25, 0.3) is 11.0 Å². The van der Waals surface area contributed by atoms with E-state index in [1.165, 1.54) is 38.9 Å². The largest absolute Gasteiger partial charge is 0.475 e. The zero-order valence-corrected chi connectivity index (χ0v) is 21.1. The minimum Gasteiger partial charge on any atom is -0.475 e. The fourth-order valence-electron chi connectivity index (χ4n) is 5.62. The maximum atomic E-state index is 6.01. The Bertz CT molecular complexity index is 1460. The quantitative estimate of drug-likeness (QED) is 0.345. The van der Waals surface area contributed by atoms with Crippen LogP contribution in [0.15, 0.2) is 65.9 Å². The van der Waals surface area contributed by atoms with E-state index in [9.17, 15) is 0 Å². The summed E-state index contributed by atoms with van der Waals surface area (Å²) in [5.41, 5.74) is 11.6. The Hall–Kier alpha value is -3.40. The second-order valence-electron chi connectivity index (χ2n) is 10.8. The lowest BCUT2D eigenvalue weighted by atomic mass is 9.85. The molecule has 0 amide bonds. The molecule has 2 aliphatic rings. The number of hydrogen-bond acceptors (Lipinski definition) is 3. The first kappa shape index (κ1) is 22.1. The average Bonchev–Trinajstić information content (AvgIpc) is 3.36. The molecule has 0 saturated carbocycles. The number of hydrogen-bond donors (Lipinski definition) is 0. The SMILES string of the molecule is Cc1cc2ncn(CCC3c4ccccc4CCc4ccc(C5=NC(C)(C)CO5)cc43)c2cc1C. The van der Waals surface area contributed by atoms with E-state index < -0.39 is 0 Å². The van der Waals surface area contributed by atoms with Gasteiger partial charge >= 0.3 is 0 Å². The van der Waals surface area contributed by atoms with Crippen molar-refractivity contribution in [3.05, 3.63) is 99.9 Å². The molecule has 1 aliphatic carbocycles. The van der Waals surface area contributed by atoms with Gasteiger partial charge in [0.1, 0.15) is 6.61 Å². The monoisotopic (exact) mass is 463 g/mol. The Morgan fingerprint density at radius 3 is 2.51 bits per heavy atom. The molecule has 1 unspecified atom stereocenters. The van der Waals surface area contributed by atoms with Crippen molar-refractivity contribution in [2.75, 3.05) is 6.61 Å². The molecular weight excluding hydrogens is 430 g/mol. The van der Waals surface area contributed by atoms with Gasteiger partial charge in [-0.15, -0.1) is 0 Å². The summed E-state index contributed by atoms with van der Waals surface area (Å²) in [6, 6.07) is 20.3. The second-order valence-corrected chi connectivity index (χ2v) is 10.8. The zero-order valence-electron chi connectivity index (χ0n) is 21.1. The van der Waals surface area contributed by atoms with Crippen molar-refractivity contribution >= 4 is 16.9 Å². The number of aliphatic imine (C=N–C) groups is 1. The minimum absolute atomic E-state index is 0.160. The number of nitrogens with zero attached hydrogens (tertiary/aromatic N) is 3. The van der Waals surface area contributed by atoms with Crippen molar-refractivity contribution in [3.8, 4) is 0 Å². The van der Waals surface area contributed by atoms with E-state index >= 15 is 0 Å². The van der Waals surface area contributed by atoms with Crippen molar-refractivity contribution < 1.29 is 4.74 Å². The second kappa shape index (κ2) is 8.37. The molecule has 1 aromatic heterocycles. The van der Waals surface area contributed by atoms with Gasteiger partial charge in [0.25, 0.3) is 0 Å². The van der Waals surface area contributed by atoms with Crippen LogP contribution in [0.5, 0.6) is 0 Å². The van der Waals surface area contributed by atoms with Crippen LogP contribution >= 0.6 is 0 Å². The van der Waals surface area contributed by atoms with Crippen LogP contribution in [-0.2, 0) is 24.1 Å². The molecule has 0 fully saturated rings. The lowest BCUT2D eigenvalue weighted by Gasteiger charge is -2.22. The number of aromatic nitrogens is 2. The molecular formula is C31H33N3O. The Balaban J connectivity index is 1.40. The predicted molar refractivity (Wildman–Crippen MR) is 143 cm³/mol. The normalized spacial score (nSPS) is 18.5. The highest BCUT2D eigenvalue weighted by molar-refractivity contribution is 5.95. The highest BCUT2D eigenvalue weighted by Crippen LogP contribution is 2.38. The van der Waals surface area contributed by atoms with E-state index in [0.29, 0.717) is 12.5 Å². The summed E-state index contributed by atoms with van der Waals surface area (Å²) >= 11 is 0. The van der Waals surface area contributed by atoms with Gasteiger partial charge < -0.3 is 9.30 Å². The highest BCUT2D eigenvalue weighted by atomic mass is 16.5. The number of fused-ring (bicyclic) bond motifs is 3. The minimum atomic E-state index is -0.160. The lowest BCUT2D eigenvalue weighted by Crippen LogP contribution is -2.17. The number of aryl methyl sites for hydroxylation is 5. The summed E-state index contributed by atoms with van der Waals surface area (Å²) in [4.78, 5) is 9.55. The van der Waals surface area contributed by atoms with Gasteiger partial charge in [-0.05, 0) is 105 Å². The van der Waals surface area contributed by atoms with E-state index in [-0.39, 0.29) is 5.54 Å². The number of benzene rings is 3. The Morgan fingerprint density at radius 2 is 1.71 bits per heavy atom. The fraction of sp³-hybridized carbons (Fsp3) is 0.355. The maximum absolute atomic E-state index is 6.01. The summed E-state index contributed by atoms with van der Waals surface area (Å²) < 4.78 is 8.33. The molecule has 178 valence electrons. The van der Waals surface area contributed by atoms with Crippen molar-refractivity contribution in [3.63, 3.8) is 0 Å². The molecule has 4 aromatic rings. The molecule has 6 rings (SSSR count). The van der Waals surface area contributed by atoms with Crippen LogP contribution < -0.4 is 0 Å². The van der Waals surface area contributed by atoms with Crippen LogP contribution in [0.3, 0.4) is 0 Å². The van der Waals surface area contributed by atoms with Crippen LogP contribution in [0, 0.1) is 13.8 Å². The van der Waals surface area contributed by atoms with Crippen molar-refractivity contribution in [2.24, 2.45) is 4.99 Å². The number of ether oxygens (including phenoxy) is 1. The van der Waals surface area contributed by atoms with Gasteiger partial charge in [-0.1, -0.05) is 30.3 Å². The van der Waals surface area contributed by atoms with E-state index in [1.807, 2.05) is 6.33 Å². The van der Waals surface area contributed by atoms with E-state index in [0.717, 1.165) is 42.8 Å². The molecule has 0 saturated heterocycles. The molecule has 1 atom stereocenters. The van der Waals surface area contributed by atoms with Gasteiger partial charge in [-0.2, -0.15) is 0 Å². The standard InChI is InChI=1S/C31H33N3O/c1-20-15-28-29(16-21(20)2)34(19-32-28)14-13-26-25-8-6-5-7-22(25)9-10-23-11-12-24(17-27(23)26)30-33-31(3,4)18-35-30/h5-8,11-12,15-17,19,26H,9-10,13-14,18H2,1-4H3. The summed E-state index contributed by atoms with van der Waals surface area (Å²) in [6.07, 6.45) is 5.17. The molecule has 0 bridgehead atoms. The first-order valence-electron chi connectivity index (χ1n) is 12.7. The summed E-state index contributed by atoms with van der Waals surface area (Å²) in [5, 5.41) is 0. The molecule has 0 N–H and O–H groups in total. The third-order valence-electron chi connectivity index (χ3n) is 7.72. The molecule has 0 radical (unpaired) electrons. The predicted octanol–water partition coefficient (Wildman–Crippen LogP) is 6.53. The molecule has 2 heterocycles. The van der Waals surface area contributed by atoms with Gasteiger partial charge in [0.2, 0.25) is 5.90 Å². The first-order chi connectivity index (χ1) is 16.9. The summed E-state index contributed by atoms with van der Waals surface area (Å²) in [7, 11) is 0. The van der Waals surface area contributed by atoms with Gasteiger partial charge in [0, 0.05) is 18.0 Å². The Morgan fingerprint density at radius 1 is 0.943 bits per heavy atom. The molecule has 4 nitrogen and oxygen atoms in total. The van der Waals surface area contributed by atoms with Gasteiger partial charge in [0.05, 0.1) is 22.9 Å². The van der Waals surface area contributed by atoms with Gasteiger partial charge in [-0.25, -0.2) is 9.98 Å². The van der Waals surface area contributed by atoms with Crippen LogP contribution in [0.2, 0.25) is 0 Å². The van der Waals surface area contributed by atoms with Crippen molar-refractivity contribution in [1.82, 2.24) is 9.55 Å². The van der Waals surface area contributed by atoms with Crippen molar-refractivity contribution in [1.29, 1.82) is 0 Å². The fourth-order valence-corrected chi connectivity index (χ4v) is 5.62. The van der Waals surface area contributed by atoms with Crippen molar-refractivity contribution in [2.45, 2.75) is 65.0 Å². The number of imidazole rings is 1. The zero-order chi connectivity index (χ0) is 24.2. The smallest absolute Gasteiger partial charge is 0.216 e. The molecule has 35 heavy (non-hydrogen) atoms. The average molecular weight is 464 g/mol. The van der Waals surface area contributed by atoms with Crippen LogP contribution in [0.1, 0.15) is 65.1 Å². The lowest BCUT2D eigenvalue weighted by molar-refractivity contribution is 0.279. The first-order valence-corrected chi connectivity index (χ1v) is 12.7. The van der Waals surface area contributed by atoms with Gasteiger partial charge in [0.15, 0.2) is 0 Å². The molecule has 0 spiro atoms. The van der Waals surface area contributed by atoms with E-state index in [2.05, 4.69) is 86.9 Å². The third kappa shape index (κ3) is 4.05. The van der Waals surface area contributed by atoms with E-state index in [1.54, 1.807) is 0 Å². The summed E-state index contributed by atoms with van der Waals surface area (Å²) in [5.74, 6) is 1.10. The molecule has 4 heteroatoms. The Kier molecular flexibility index (Phi) is 5.28. The third-order valence-corrected chi connectivity index (χ3v) is 7.72. The van der Waals surface area contributed by atoms with Crippen LogP contribution in [-0.4, -0.2) is 27.6 Å². The number of rotatable bonds is 4. The molecule has 3 aromatic carbocycles.